The summed E-state index contributed by atoms with van der Waals surface area (Å²) in [6.07, 6.45) is -2.01. The van der Waals surface area contributed by atoms with Gasteiger partial charge in [0.25, 0.3) is 5.69 Å². The van der Waals surface area contributed by atoms with E-state index < -0.39 is 17.1 Å². The van der Waals surface area contributed by atoms with Crippen molar-refractivity contribution in [3.05, 3.63) is 51.6 Å². The van der Waals surface area contributed by atoms with Crippen molar-refractivity contribution in [2.75, 3.05) is 0 Å². The lowest BCUT2D eigenvalue weighted by Crippen LogP contribution is -2.02. The average molecular weight is 231 g/mol. The fraction of sp³-hybridized carbons (Fsp3) is 0.167. The predicted molar refractivity (Wildman–Crippen MR) is 60.5 cm³/mol. The van der Waals surface area contributed by atoms with Crippen molar-refractivity contribution in [1.29, 1.82) is 0 Å². The van der Waals surface area contributed by atoms with Crippen molar-refractivity contribution in [3.8, 4) is 0 Å². The molecule has 17 heavy (non-hydrogen) atoms. The largest absolute Gasteiger partial charge is 0.385 e. The molecule has 2 aromatic rings. The molecule has 2 atom stereocenters. The Morgan fingerprint density at radius 2 is 1.71 bits per heavy atom. The molecule has 0 spiro atoms. The van der Waals surface area contributed by atoms with Crippen LogP contribution in [0.3, 0.4) is 0 Å². The molecule has 0 fully saturated rings. The van der Waals surface area contributed by atoms with Gasteiger partial charge >= 0.3 is 0 Å². The van der Waals surface area contributed by atoms with E-state index in [0.717, 1.165) is 0 Å². The first kappa shape index (κ1) is 10.2. The van der Waals surface area contributed by atoms with Crippen molar-refractivity contribution in [3.63, 3.8) is 0 Å². The van der Waals surface area contributed by atoms with Crippen molar-refractivity contribution in [2.45, 2.75) is 12.2 Å². The van der Waals surface area contributed by atoms with Gasteiger partial charge in [-0.05, 0) is 23.3 Å². The van der Waals surface area contributed by atoms with Crippen LogP contribution in [0.2, 0.25) is 0 Å². The molecule has 1 aliphatic carbocycles. The van der Waals surface area contributed by atoms with E-state index in [1.807, 2.05) is 0 Å². The molecule has 2 aromatic carbocycles. The molecule has 0 bridgehead atoms. The number of aliphatic hydroxyl groups is 2. The lowest BCUT2D eigenvalue weighted by Gasteiger charge is -2.08. The molecule has 2 unspecified atom stereocenters. The zero-order valence-electron chi connectivity index (χ0n) is 8.70. The van der Waals surface area contributed by atoms with Crippen LogP contribution in [0.4, 0.5) is 5.69 Å². The number of hydrogen-bond donors (Lipinski definition) is 2. The predicted octanol–water partition coefficient (Wildman–Crippen LogP) is 1.83. The number of aliphatic hydroxyl groups excluding tert-OH is 2. The molecule has 2 N–H and O–H groups in total. The van der Waals surface area contributed by atoms with E-state index in [1.54, 1.807) is 18.2 Å². The molecule has 0 amide bonds. The molecule has 86 valence electrons. The molecular formula is C12H9NO4. The lowest BCUT2D eigenvalue weighted by molar-refractivity contribution is -0.383. The second kappa shape index (κ2) is 3.26. The Bertz CT molecular complexity index is 623. The lowest BCUT2D eigenvalue weighted by atomic mass is 10.0. The zero-order chi connectivity index (χ0) is 12.2. The third-order valence-electron chi connectivity index (χ3n) is 3.22. The van der Waals surface area contributed by atoms with E-state index >= 15 is 0 Å². The molecule has 0 saturated carbocycles. The second-order valence-corrected chi connectivity index (χ2v) is 4.09. The number of benzene rings is 2. The minimum atomic E-state index is -1.00. The Hall–Kier alpha value is -1.98. The van der Waals surface area contributed by atoms with Gasteiger partial charge in [0.1, 0.15) is 12.2 Å². The van der Waals surface area contributed by atoms with Gasteiger partial charge < -0.3 is 10.2 Å². The van der Waals surface area contributed by atoms with E-state index in [2.05, 4.69) is 0 Å². The van der Waals surface area contributed by atoms with E-state index in [0.29, 0.717) is 21.9 Å². The smallest absolute Gasteiger partial charge is 0.277 e. The summed E-state index contributed by atoms with van der Waals surface area (Å²) in [6.45, 7) is 0. The van der Waals surface area contributed by atoms with Crippen LogP contribution in [0.15, 0.2) is 30.3 Å². The third kappa shape index (κ3) is 1.20. The Morgan fingerprint density at radius 1 is 1.06 bits per heavy atom. The summed E-state index contributed by atoms with van der Waals surface area (Å²) in [7, 11) is 0. The fourth-order valence-electron chi connectivity index (χ4n) is 2.44. The van der Waals surface area contributed by atoms with Crippen LogP contribution in [0.1, 0.15) is 23.3 Å². The SMILES string of the molecule is O=[N+]([O-])c1ccc2c3c(cccc13)C(O)C2O. The van der Waals surface area contributed by atoms with E-state index in [-0.39, 0.29) is 5.69 Å². The second-order valence-electron chi connectivity index (χ2n) is 4.09. The highest BCUT2D eigenvalue weighted by molar-refractivity contribution is 5.97. The number of nitrogens with zero attached hydrogens (tertiary/aromatic N) is 1. The molecule has 5 heteroatoms. The molecule has 1 aliphatic rings. The van der Waals surface area contributed by atoms with Gasteiger partial charge in [-0.25, -0.2) is 0 Å². The van der Waals surface area contributed by atoms with Gasteiger partial charge in [0.05, 0.1) is 10.3 Å². The molecule has 0 saturated heterocycles. The highest BCUT2D eigenvalue weighted by Crippen LogP contribution is 2.45. The monoisotopic (exact) mass is 231 g/mol. The number of non-ortho nitro benzene ring substituents is 1. The maximum Gasteiger partial charge on any atom is 0.277 e. The summed E-state index contributed by atoms with van der Waals surface area (Å²) in [5, 5.41) is 31.6. The number of nitro groups is 1. The standard InChI is InChI=1S/C12H9NO4/c14-11-7-3-1-2-6-9(13(16)17)5-4-8(10(6)7)12(11)15/h1-5,11-12,14-15H. The van der Waals surface area contributed by atoms with Crippen molar-refractivity contribution in [2.24, 2.45) is 0 Å². The van der Waals surface area contributed by atoms with Crippen LogP contribution >= 0.6 is 0 Å². The van der Waals surface area contributed by atoms with Crippen LogP contribution in [-0.2, 0) is 0 Å². The number of nitro benzene ring substituents is 1. The molecule has 0 aromatic heterocycles. The summed E-state index contributed by atoms with van der Waals surface area (Å²) in [5.41, 5.74) is 1.09. The van der Waals surface area contributed by atoms with Crippen LogP contribution in [0.25, 0.3) is 10.8 Å². The van der Waals surface area contributed by atoms with Crippen LogP contribution in [0.5, 0.6) is 0 Å². The molecule has 0 aliphatic heterocycles. The van der Waals surface area contributed by atoms with Crippen LogP contribution < -0.4 is 0 Å². The Labute approximate surface area is 96.1 Å². The van der Waals surface area contributed by atoms with Gasteiger partial charge in [0.15, 0.2) is 0 Å². The highest BCUT2D eigenvalue weighted by atomic mass is 16.6. The van der Waals surface area contributed by atoms with Gasteiger partial charge in [-0.3, -0.25) is 10.1 Å². The van der Waals surface area contributed by atoms with Crippen molar-refractivity contribution in [1.82, 2.24) is 0 Å². The van der Waals surface area contributed by atoms with E-state index in [9.17, 15) is 20.3 Å². The number of rotatable bonds is 1. The molecule has 3 rings (SSSR count). The molecule has 0 heterocycles. The summed E-state index contributed by atoms with van der Waals surface area (Å²) < 4.78 is 0. The maximum absolute atomic E-state index is 10.9. The van der Waals surface area contributed by atoms with Crippen LogP contribution in [-0.4, -0.2) is 15.1 Å². The fourth-order valence-corrected chi connectivity index (χ4v) is 2.44. The Balaban J connectivity index is 2.46. The normalized spacial score (nSPS) is 22.0. The zero-order valence-corrected chi connectivity index (χ0v) is 8.70. The third-order valence-corrected chi connectivity index (χ3v) is 3.22. The van der Waals surface area contributed by atoms with Crippen molar-refractivity contribution >= 4 is 16.5 Å². The highest BCUT2D eigenvalue weighted by Gasteiger charge is 2.33. The van der Waals surface area contributed by atoms with Gasteiger partial charge in [0.2, 0.25) is 0 Å². The summed E-state index contributed by atoms with van der Waals surface area (Å²) in [5.74, 6) is 0. The van der Waals surface area contributed by atoms with E-state index in [4.69, 9.17) is 0 Å². The average Bonchev–Trinajstić information content (AvgIpc) is 2.57. The first-order chi connectivity index (χ1) is 8.11. The summed E-state index contributed by atoms with van der Waals surface area (Å²) in [4.78, 5) is 10.4. The van der Waals surface area contributed by atoms with Gasteiger partial charge in [-0.2, -0.15) is 0 Å². The quantitative estimate of drug-likeness (QED) is 0.579. The number of hydrogen-bond acceptors (Lipinski definition) is 4. The molecule has 5 nitrogen and oxygen atoms in total. The Kier molecular flexibility index (Phi) is 1.95. The van der Waals surface area contributed by atoms with Gasteiger partial charge in [0, 0.05) is 11.5 Å². The first-order valence-corrected chi connectivity index (χ1v) is 5.17. The van der Waals surface area contributed by atoms with Gasteiger partial charge in [-0.15, -0.1) is 0 Å². The summed E-state index contributed by atoms with van der Waals surface area (Å²) in [6, 6.07) is 7.82. The minimum Gasteiger partial charge on any atom is -0.385 e. The Morgan fingerprint density at radius 3 is 2.35 bits per heavy atom. The first-order valence-electron chi connectivity index (χ1n) is 5.17. The molecular weight excluding hydrogens is 222 g/mol. The van der Waals surface area contributed by atoms with E-state index in [1.165, 1.54) is 12.1 Å². The minimum absolute atomic E-state index is 0.00750. The maximum atomic E-state index is 10.9. The van der Waals surface area contributed by atoms with Gasteiger partial charge in [-0.1, -0.05) is 12.1 Å². The van der Waals surface area contributed by atoms with Crippen molar-refractivity contribution < 1.29 is 15.1 Å². The summed E-state index contributed by atoms with van der Waals surface area (Å²) >= 11 is 0. The van der Waals surface area contributed by atoms with Crippen LogP contribution in [0, 0.1) is 10.1 Å². The topological polar surface area (TPSA) is 83.6 Å². The molecule has 0 radical (unpaired) electrons.